The summed E-state index contributed by atoms with van der Waals surface area (Å²) < 4.78 is 6.29. The Morgan fingerprint density at radius 3 is 1.65 bits per heavy atom. The van der Waals surface area contributed by atoms with E-state index in [2.05, 4.69) is 27.6 Å². The van der Waals surface area contributed by atoms with Gasteiger partial charge < -0.3 is 9.22 Å². The van der Waals surface area contributed by atoms with E-state index in [9.17, 15) is 4.79 Å². The highest BCUT2D eigenvalue weighted by Gasteiger charge is 2.13. The molecule has 0 heterocycles. The zero-order valence-corrected chi connectivity index (χ0v) is 18.3. The highest BCUT2D eigenvalue weighted by Crippen LogP contribution is 2.12. The number of carbonyl (C=O) groups excluding carboxylic acids is 1. The standard InChI is InChI=1S/C23H46NO2/c1-6-7-8-16-19-24(4,5)20-17-14-12-10-9-11-13-15-18-21-26-23(25)22(2)3/h2,6-21H2,1,3-5H3/q+1. The summed E-state index contributed by atoms with van der Waals surface area (Å²) in [5.41, 5.74) is 0.490. The first-order chi connectivity index (χ1) is 12.4. The number of carbonyl (C=O) groups is 1. The molecule has 0 spiro atoms. The summed E-state index contributed by atoms with van der Waals surface area (Å²) in [4.78, 5) is 11.2. The minimum Gasteiger partial charge on any atom is -0.462 e. The van der Waals surface area contributed by atoms with E-state index in [1.54, 1.807) is 6.92 Å². The van der Waals surface area contributed by atoms with Crippen LogP contribution in [0, 0.1) is 0 Å². The second-order valence-electron chi connectivity index (χ2n) is 8.54. The topological polar surface area (TPSA) is 26.3 Å². The van der Waals surface area contributed by atoms with Gasteiger partial charge in [0.05, 0.1) is 33.8 Å². The molecule has 0 aromatic carbocycles. The van der Waals surface area contributed by atoms with Crippen LogP contribution in [-0.4, -0.2) is 44.2 Å². The predicted molar refractivity (Wildman–Crippen MR) is 113 cm³/mol. The lowest BCUT2D eigenvalue weighted by atomic mass is 10.1. The quantitative estimate of drug-likeness (QED) is 0.123. The molecule has 0 atom stereocenters. The van der Waals surface area contributed by atoms with Crippen LogP contribution in [0.4, 0.5) is 0 Å². The van der Waals surface area contributed by atoms with E-state index in [1.165, 1.54) is 88.2 Å². The lowest BCUT2D eigenvalue weighted by Gasteiger charge is -2.30. The van der Waals surface area contributed by atoms with E-state index in [1.807, 2.05) is 0 Å². The van der Waals surface area contributed by atoms with Crippen molar-refractivity contribution < 1.29 is 14.0 Å². The average Bonchev–Trinajstić information content (AvgIpc) is 2.59. The molecule has 154 valence electrons. The molecular weight excluding hydrogens is 322 g/mol. The molecule has 0 aromatic rings. The summed E-state index contributed by atoms with van der Waals surface area (Å²) in [6.45, 7) is 10.8. The molecule has 0 saturated carbocycles. The first-order valence-electron chi connectivity index (χ1n) is 11.0. The van der Waals surface area contributed by atoms with Crippen LogP contribution in [-0.2, 0) is 9.53 Å². The van der Waals surface area contributed by atoms with Gasteiger partial charge in [-0.05, 0) is 39.0 Å². The van der Waals surface area contributed by atoms with Gasteiger partial charge in [-0.3, -0.25) is 0 Å². The Hall–Kier alpha value is -0.830. The van der Waals surface area contributed by atoms with Crippen molar-refractivity contribution in [3.05, 3.63) is 12.2 Å². The monoisotopic (exact) mass is 368 g/mol. The van der Waals surface area contributed by atoms with Gasteiger partial charge in [-0.2, -0.15) is 0 Å². The molecule has 0 fully saturated rings. The number of nitrogens with zero attached hydrogens (tertiary/aromatic N) is 1. The molecule has 0 aliphatic heterocycles. The van der Waals surface area contributed by atoms with Gasteiger partial charge in [-0.15, -0.1) is 0 Å². The summed E-state index contributed by atoms with van der Waals surface area (Å²) in [6, 6.07) is 0. The Labute approximate surface area is 163 Å². The van der Waals surface area contributed by atoms with Crippen LogP contribution in [0.5, 0.6) is 0 Å². The number of hydrogen-bond acceptors (Lipinski definition) is 2. The molecule has 0 aromatic heterocycles. The highest BCUT2D eigenvalue weighted by atomic mass is 16.5. The maximum Gasteiger partial charge on any atom is 0.333 e. The molecule has 0 bridgehead atoms. The molecule has 3 nitrogen and oxygen atoms in total. The normalized spacial score (nSPS) is 11.5. The van der Waals surface area contributed by atoms with Crippen molar-refractivity contribution in [1.29, 1.82) is 0 Å². The average molecular weight is 369 g/mol. The van der Waals surface area contributed by atoms with E-state index in [-0.39, 0.29) is 5.97 Å². The van der Waals surface area contributed by atoms with Crippen molar-refractivity contribution in [3.63, 3.8) is 0 Å². The lowest BCUT2D eigenvalue weighted by Crippen LogP contribution is -2.41. The van der Waals surface area contributed by atoms with Gasteiger partial charge in [-0.1, -0.05) is 64.9 Å². The van der Waals surface area contributed by atoms with Crippen LogP contribution >= 0.6 is 0 Å². The zero-order valence-electron chi connectivity index (χ0n) is 18.3. The van der Waals surface area contributed by atoms with E-state index < -0.39 is 0 Å². The molecule has 0 N–H and O–H groups in total. The van der Waals surface area contributed by atoms with Gasteiger partial charge in [-0.25, -0.2) is 4.79 Å². The molecule has 3 heteroatoms. The van der Waals surface area contributed by atoms with Gasteiger partial charge in [0.2, 0.25) is 0 Å². The van der Waals surface area contributed by atoms with E-state index in [0.29, 0.717) is 12.2 Å². The van der Waals surface area contributed by atoms with Crippen LogP contribution in [0.15, 0.2) is 12.2 Å². The van der Waals surface area contributed by atoms with Crippen LogP contribution in [0.1, 0.15) is 97.3 Å². The largest absolute Gasteiger partial charge is 0.462 e. The van der Waals surface area contributed by atoms with Gasteiger partial charge in [0.1, 0.15) is 0 Å². The van der Waals surface area contributed by atoms with Crippen molar-refractivity contribution in [1.82, 2.24) is 0 Å². The van der Waals surface area contributed by atoms with E-state index in [0.717, 1.165) is 12.8 Å². The molecular formula is C23H46NO2+. The third-order valence-corrected chi connectivity index (χ3v) is 5.11. The van der Waals surface area contributed by atoms with Gasteiger partial charge >= 0.3 is 5.97 Å². The SMILES string of the molecule is C=C(C)C(=O)OCCCCCCCCCCC[N+](C)(C)CCCCCC. The molecule has 0 aliphatic carbocycles. The molecule has 26 heavy (non-hydrogen) atoms. The molecule has 0 rings (SSSR count). The number of hydrogen-bond donors (Lipinski definition) is 0. The third-order valence-electron chi connectivity index (χ3n) is 5.11. The van der Waals surface area contributed by atoms with Crippen molar-refractivity contribution in [2.24, 2.45) is 0 Å². The van der Waals surface area contributed by atoms with Crippen molar-refractivity contribution in [2.75, 3.05) is 33.8 Å². The lowest BCUT2D eigenvalue weighted by molar-refractivity contribution is -0.890. The maximum absolute atomic E-state index is 11.2. The zero-order chi connectivity index (χ0) is 19.7. The van der Waals surface area contributed by atoms with Crippen LogP contribution in [0.25, 0.3) is 0 Å². The molecule has 0 aliphatic rings. The van der Waals surface area contributed by atoms with Crippen LogP contribution in [0.3, 0.4) is 0 Å². The smallest absolute Gasteiger partial charge is 0.333 e. The second kappa shape index (κ2) is 16.4. The van der Waals surface area contributed by atoms with Crippen molar-refractivity contribution in [2.45, 2.75) is 97.3 Å². The van der Waals surface area contributed by atoms with Gasteiger partial charge in [0.25, 0.3) is 0 Å². The Kier molecular flexibility index (Phi) is 15.8. The Balaban J connectivity index is 3.33. The van der Waals surface area contributed by atoms with Crippen molar-refractivity contribution >= 4 is 5.97 Å². The Morgan fingerprint density at radius 2 is 1.19 bits per heavy atom. The van der Waals surface area contributed by atoms with Crippen LogP contribution < -0.4 is 0 Å². The minimum absolute atomic E-state index is 0.257. The molecule has 0 unspecified atom stereocenters. The summed E-state index contributed by atoms with van der Waals surface area (Å²) in [6.07, 6.45) is 17.1. The fourth-order valence-corrected chi connectivity index (χ4v) is 3.25. The maximum atomic E-state index is 11.2. The van der Waals surface area contributed by atoms with E-state index >= 15 is 0 Å². The Bertz CT molecular complexity index is 363. The molecule has 0 saturated heterocycles. The molecule has 0 amide bonds. The number of quaternary nitrogens is 1. The number of unbranched alkanes of at least 4 members (excludes halogenated alkanes) is 11. The number of esters is 1. The summed E-state index contributed by atoms with van der Waals surface area (Å²) in [5, 5.41) is 0. The van der Waals surface area contributed by atoms with Crippen molar-refractivity contribution in [3.8, 4) is 0 Å². The summed E-state index contributed by atoms with van der Waals surface area (Å²) in [5.74, 6) is -0.257. The fraction of sp³-hybridized carbons (Fsp3) is 0.870. The summed E-state index contributed by atoms with van der Waals surface area (Å²) in [7, 11) is 4.78. The minimum atomic E-state index is -0.257. The first-order valence-corrected chi connectivity index (χ1v) is 11.0. The van der Waals surface area contributed by atoms with Crippen LogP contribution in [0.2, 0.25) is 0 Å². The third kappa shape index (κ3) is 16.6. The first kappa shape index (κ1) is 25.2. The predicted octanol–water partition coefficient (Wildman–Crippen LogP) is 6.27. The Morgan fingerprint density at radius 1 is 0.769 bits per heavy atom. The molecule has 0 radical (unpaired) electrons. The summed E-state index contributed by atoms with van der Waals surface area (Å²) >= 11 is 0. The second-order valence-corrected chi connectivity index (χ2v) is 8.54. The number of rotatable bonds is 18. The highest BCUT2D eigenvalue weighted by molar-refractivity contribution is 5.86. The fourth-order valence-electron chi connectivity index (χ4n) is 3.25. The van der Waals surface area contributed by atoms with Gasteiger partial charge in [0.15, 0.2) is 0 Å². The number of ether oxygens (including phenoxy) is 1. The van der Waals surface area contributed by atoms with Gasteiger partial charge in [0, 0.05) is 5.57 Å². The van der Waals surface area contributed by atoms with E-state index in [4.69, 9.17) is 4.74 Å².